The summed E-state index contributed by atoms with van der Waals surface area (Å²) in [7, 11) is 1.70. The van der Waals surface area contributed by atoms with Crippen molar-refractivity contribution in [1.29, 1.82) is 0 Å². The second-order valence-corrected chi connectivity index (χ2v) is 6.88. The van der Waals surface area contributed by atoms with Gasteiger partial charge in [0.05, 0.1) is 12.0 Å². The highest BCUT2D eigenvalue weighted by Crippen LogP contribution is 2.30. The first kappa shape index (κ1) is 16.8. The zero-order valence-corrected chi connectivity index (χ0v) is 13.6. The second-order valence-electron chi connectivity index (χ2n) is 6.88. The van der Waals surface area contributed by atoms with E-state index in [1.165, 1.54) is 44.9 Å². The molecule has 2 fully saturated rings. The Balaban J connectivity index is 1.83. The van der Waals surface area contributed by atoms with Crippen LogP contribution in [0.25, 0.3) is 0 Å². The summed E-state index contributed by atoms with van der Waals surface area (Å²) in [6.45, 7) is 3.24. The van der Waals surface area contributed by atoms with Gasteiger partial charge in [0.15, 0.2) is 0 Å². The van der Waals surface area contributed by atoms with Gasteiger partial charge >= 0.3 is 0 Å². The van der Waals surface area contributed by atoms with Crippen molar-refractivity contribution >= 4 is 5.91 Å². The fraction of sp³-hybridized carbons (Fsp3) is 0.941. The van der Waals surface area contributed by atoms with Crippen LogP contribution in [0.5, 0.6) is 0 Å². The van der Waals surface area contributed by atoms with Crippen LogP contribution >= 0.6 is 0 Å². The Morgan fingerprint density at radius 2 is 1.76 bits per heavy atom. The van der Waals surface area contributed by atoms with E-state index in [2.05, 4.69) is 10.6 Å². The second kappa shape index (κ2) is 8.74. The average Bonchev–Trinajstić information content (AvgIpc) is 2.47. The maximum atomic E-state index is 12.7. The molecule has 4 nitrogen and oxygen atoms in total. The zero-order valence-electron chi connectivity index (χ0n) is 13.6. The van der Waals surface area contributed by atoms with E-state index < -0.39 is 0 Å². The smallest absolute Gasteiger partial charge is 0.228 e. The molecule has 1 aliphatic carbocycles. The Kier molecular flexibility index (Phi) is 6.97. The molecule has 1 aliphatic heterocycles. The van der Waals surface area contributed by atoms with Gasteiger partial charge in [-0.2, -0.15) is 0 Å². The number of hydrogen-bond donors (Lipinski definition) is 2. The summed E-state index contributed by atoms with van der Waals surface area (Å²) < 4.78 is 5.35. The average molecular weight is 296 g/mol. The lowest BCUT2D eigenvalue weighted by atomic mass is 9.78. The first-order chi connectivity index (χ1) is 10.3. The number of ether oxygens (including phenoxy) is 1. The molecule has 1 saturated heterocycles. The van der Waals surface area contributed by atoms with Crippen LogP contribution in [0.3, 0.4) is 0 Å². The van der Waals surface area contributed by atoms with Gasteiger partial charge in [-0.3, -0.25) is 4.79 Å². The fourth-order valence-electron chi connectivity index (χ4n) is 3.79. The molecule has 0 aromatic heterocycles. The molecule has 4 heteroatoms. The Bertz CT molecular complexity index is 300. The fourth-order valence-corrected chi connectivity index (χ4v) is 3.79. The molecule has 1 saturated carbocycles. The normalized spacial score (nSPS) is 24.0. The number of nitrogens with one attached hydrogen (secondary N) is 2. The molecule has 1 amide bonds. The summed E-state index contributed by atoms with van der Waals surface area (Å²) in [6, 6.07) is 0. The van der Waals surface area contributed by atoms with Crippen molar-refractivity contribution in [3.8, 4) is 0 Å². The first-order valence-corrected chi connectivity index (χ1v) is 8.75. The van der Waals surface area contributed by atoms with E-state index in [-0.39, 0.29) is 11.3 Å². The van der Waals surface area contributed by atoms with Crippen molar-refractivity contribution in [3.05, 3.63) is 0 Å². The third kappa shape index (κ3) is 4.96. The van der Waals surface area contributed by atoms with Gasteiger partial charge in [-0.15, -0.1) is 0 Å². The minimum atomic E-state index is -0.304. The standard InChI is InChI=1S/C17H32N2O2/c1-21-14-17(9-11-18-12-10-17)16(20)19-13-15-7-5-3-2-4-6-8-15/h15,18H,2-14H2,1H3,(H,19,20). The lowest BCUT2D eigenvalue weighted by Gasteiger charge is -2.36. The summed E-state index contributed by atoms with van der Waals surface area (Å²) in [4.78, 5) is 12.7. The quantitative estimate of drug-likeness (QED) is 0.819. The van der Waals surface area contributed by atoms with Crippen molar-refractivity contribution < 1.29 is 9.53 Å². The predicted octanol–water partition coefficient (Wildman–Crippen LogP) is 2.48. The van der Waals surface area contributed by atoms with Crippen LogP contribution in [0.15, 0.2) is 0 Å². The van der Waals surface area contributed by atoms with Gasteiger partial charge in [0.1, 0.15) is 0 Å². The van der Waals surface area contributed by atoms with E-state index in [1.807, 2.05) is 0 Å². The minimum absolute atomic E-state index is 0.216. The summed E-state index contributed by atoms with van der Waals surface area (Å²) in [5, 5.41) is 6.59. The highest BCUT2D eigenvalue weighted by atomic mass is 16.5. The summed E-state index contributed by atoms with van der Waals surface area (Å²) in [5.41, 5.74) is -0.304. The van der Waals surface area contributed by atoms with Gasteiger partial charge < -0.3 is 15.4 Å². The number of rotatable bonds is 5. The molecule has 21 heavy (non-hydrogen) atoms. The van der Waals surface area contributed by atoms with Gasteiger partial charge in [0, 0.05) is 13.7 Å². The van der Waals surface area contributed by atoms with Crippen molar-refractivity contribution in [2.45, 2.75) is 57.8 Å². The number of carbonyl (C=O) groups excluding carboxylic acids is 1. The number of hydrogen-bond acceptors (Lipinski definition) is 3. The highest BCUT2D eigenvalue weighted by Gasteiger charge is 2.39. The molecule has 122 valence electrons. The Morgan fingerprint density at radius 1 is 1.14 bits per heavy atom. The predicted molar refractivity (Wildman–Crippen MR) is 85.2 cm³/mol. The van der Waals surface area contributed by atoms with Crippen molar-refractivity contribution in [2.24, 2.45) is 11.3 Å². The monoisotopic (exact) mass is 296 g/mol. The Labute approximate surface area is 129 Å². The minimum Gasteiger partial charge on any atom is -0.384 e. The molecule has 0 aromatic rings. The molecule has 2 rings (SSSR count). The first-order valence-electron chi connectivity index (χ1n) is 8.75. The number of carbonyl (C=O) groups is 1. The lowest BCUT2D eigenvalue weighted by Crippen LogP contribution is -2.50. The van der Waals surface area contributed by atoms with Crippen LogP contribution < -0.4 is 10.6 Å². The Morgan fingerprint density at radius 3 is 2.38 bits per heavy atom. The van der Waals surface area contributed by atoms with Crippen LogP contribution in [0, 0.1) is 11.3 Å². The molecule has 0 radical (unpaired) electrons. The SMILES string of the molecule is COCC1(C(=O)NCC2CCCCCCC2)CCNCC1. The molecule has 0 spiro atoms. The van der Waals surface area contributed by atoms with Crippen LogP contribution in [0.4, 0.5) is 0 Å². The van der Waals surface area contributed by atoms with Crippen molar-refractivity contribution in [3.63, 3.8) is 0 Å². The maximum absolute atomic E-state index is 12.7. The van der Waals surface area contributed by atoms with Crippen molar-refractivity contribution in [2.75, 3.05) is 33.4 Å². The van der Waals surface area contributed by atoms with Gasteiger partial charge in [-0.1, -0.05) is 32.1 Å². The molecule has 0 bridgehead atoms. The van der Waals surface area contributed by atoms with E-state index in [4.69, 9.17) is 4.74 Å². The molecule has 2 N–H and O–H groups in total. The van der Waals surface area contributed by atoms with Gasteiger partial charge in [-0.25, -0.2) is 0 Å². The Hall–Kier alpha value is -0.610. The highest BCUT2D eigenvalue weighted by molar-refractivity contribution is 5.83. The van der Waals surface area contributed by atoms with Crippen LogP contribution in [0.2, 0.25) is 0 Å². The van der Waals surface area contributed by atoms with E-state index in [0.717, 1.165) is 32.5 Å². The topological polar surface area (TPSA) is 50.4 Å². The maximum Gasteiger partial charge on any atom is 0.228 e. The van der Waals surface area contributed by atoms with E-state index in [9.17, 15) is 4.79 Å². The molecule has 1 heterocycles. The van der Waals surface area contributed by atoms with Gasteiger partial charge in [-0.05, 0) is 44.7 Å². The number of amides is 1. The van der Waals surface area contributed by atoms with Crippen molar-refractivity contribution in [1.82, 2.24) is 10.6 Å². The largest absolute Gasteiger partial charge is 0.384 e. The third-order valence-corrected chi connectivity index (χ3v) is 5.24. The number of piperidine rings is 1. The third-order valence-electron chi connectivity index (χ3n) is 5.24. The van der Waals surface area contributed by atoms with Crippen LogP contribution in [-0.2, 0) is 9.53 Å². The van der Waals surface area contributed by atoms with E-state index in [0.29, 0.717) is 12.5 Å². The van der Waals surface area contributed by atoms with Gasteiger partial charge in [0.2, 0.25) is 5.91 Å². The van der Waals surface area contributed by atoms with Gasteiger partial charge in [0.25, 0.3) is 0 Å². The molecule has 0 atom stereocenters. The summed E-state index contributed by atoms with van der Waals surface area (Å²) in [5.74, 6) is 0.892. The van der Waals surface area contributed by atoms with E-state index in [1.54, 1.807) is 7.11 Å². The molecule has 2 aliphatic rings. The van der Waals surface area contributed by atoms with Crippen LogP contribution in [-0.4, -0.2) is 39.3 Å². The zero-order chi connectivity index (χ0) is 15.0. The summed E-state index contributed by atoms with van der Waals surface area (Å²) >= 11 is 0. The summed E-state index contributed by atoms with van der Waals surface area (Å²) in [6.07, 6.45) is 11.1. The van der Waals surface area contributed by atoms with Crippen LogP contribution in [0.1, 0.15) is 57.8 Å². The number of methoxy groups -OCH3 is 1. The molecular formula is C17H32N2O2. The molecular weight excluding hydrogens is 264 g/mol. The lowest BCUT2D eigenvalue weighted by molar-refractivity contribution is -0.136. The molecule has 0 unspecified atom stereocenters. The molecule has 0 aromatic carbocycles. The van der Waals surface area contributed by atoms with E-state index >= 15 is 0 Å².